The number of aliphatic hydroxyl groups excluding tert-OH is 1. The first-order valence-corrected chi connectivity index (χ1v) is 7.14. The van der Waals surface area contributed by atoms with Crippen molar-refractivity contribution in [2.75, 3.05) is 6.61 Å². The minimum absolute atomic E-state index is 0.0482. The van der Waals surface area contributed by atoms with E-state index in [1.807, 2.05) is 26.0 Å². The molecule has 5 nitrogen and oxygen atoms in total. The summed E-state index contributed by atoms with van der Waals surface area (Å²) in [4.78, 5) is 12.0. The second-order valence-corrected chi connectivity index (χ2v) is 5.21. The molecule has 1 aromatic rings. The van der Waals surface area contributed by atoms with Crippen molar-refractivity contribution >= 4 is 12.0 Å². The number of hydrogen-bond acceptors (Lipinski definition) is 3. The van der Waals surface area contributed by atoms with E-state index in [-0.39, 0.29) is 18.2 Å². The van der Waals surface area contributed by atoms with Crippen molar-refractivity contribution < 1.29 is 9.90 Å². The smallest absolute Gasteiger partial charge is 0.262 e. The Morgan fingerprint density at radius 2 is 2.24 bits per heavy atom. The van der Waals surface area contributed by atoms with Gasteiger partial charge in [-0.3, -0.25) is 4.79 Å². The third-order valence-corrected chi connectivity index (χ3v) is 3.38. The predicted octanol–water partition coefficient (Wildman–Crippen LogP) is 1.92. The Morgan fingerprint density at radius 1 is 1.57 bits per heavy atom. The van der Waals surface area contributed by atoms with E-state index in [9.17, 15) is 4.79 Å². The van der Waals surface area contributed by atoms with E-state index in [0.29, 0.717) is 0 Å². The van der Waals surface area contributed by atoms with E-state index < -0.39 is 5.91 Å². The molecule has 1 heterocycles. The third kappa shape index (κ3) is 4.20. The molecule has 0 spiro atoms. The van der Waals surface area contributed by atoms with Crippen molar-refractivity contribution in [2.45, 2.75) is 46.7 Å². The highest BCUT2D eigenvalue weighted by atomic mass is 16.3. The number of nitrogens with zero attached hydrogens (tertiary/aromatic N) is 2. The van der Waals surface area contributed by atoms with Gasteiger partial charge in [-0.15, -0.1) is 0 Å². The van der Waals surface area contributed by atoms with E-state index in [2.05, 4.69) is 16.8 Å². The Balaban J connectivity index is 3.07. The molecule has 0 saturated heterocycles. The van der Waals surface area contributed by atoms with Gasteiger partial charge in [-0.2, -0.15) is 5.26 Å². The molecule has 1 unspecified atom stereocenters. The fourth-order valence-electron chi connectivity index (χ4n) is 2.19. The van der Waals surface area contributed by atoms with Crippen LogP contribution in [-0.2, 0) is 11.3 Å². The van der Waals surface area contributed by atoms with Crippen LogP contribution in [0.5, 0.6) is 0 Å². The number of aliphatic hydroxyl groups is 1. The Kier molecular flexibility index (Phi) is 6.19. The van der Waals surface area contributed by atoms with Crippen LogP contribution in [0.1, 0.15) is 37.2 Å². The lowest BCUT2D eigenvalue weighted by molar-refractivity contribution is -0.117. The molecular weight excluding hydrogens is 266 g/mol. The summed E-state index contributed by atoms with van der Waals surface area (Å²) in [6, 6.07) is 3.53. The molecule has 0 aliphatic carbocycles. The summed E-state index contributed by atoms with van der Waals surface area (Å²) < 4.78 is 2.18. The van der Waals surface area contributed by atoms with Crippen LogP contribution in [0.4, 0.5) is 0 Å². The Labute approximate surface area is 125 Å². The maximum Gasteiger partial charge on any atom is 0.262 e. The van der Waals surface area contributed by atoms with Crippen LogP contribution in [0.3, 0.4) is 0 Å². The number of nitriles is 1. The van der Waals surface area contributed by atoms with Crippen molar-refractivity contribution in [2.24, 2.45) is 0 Å². The zero-order chi connectivity index (χ0) is 16.0. The number of rotatable bonds is 6. The van der Waals surface area contributed by atoms with Gasteiger partial charge in [0.15, 0.2) is 0 Å². The first kappa shape index (κ1) is 17.0. The maximum absolute atomic E-state index is 12.0. The molecule has 1 amide bonds. The summed E-state index contributed by atoms with van der Waals surface area (Å²) in [6.45, 7) is 8.55. The number of nitrogens with one attached hydrogen (secondary N) is 1. The monoisotopic (exact) mass is 289 g/mol. The minimum Gasteiger partial charge on any atom is -0.394 e. The minimum atomic E-state index is -0.459. The highest BCUT2D eigenvalue weighted by molar-refractivity contribution is 6.01. The molecule has 1 rings (SSSR count). The van der Waals surface area contributed by atoms with Gasteiger partial charge in [0.1, 0.15) is 11.6 Å². The molecule has 5 heteroatoms. The number of aryl methyl sites for hydroxylation is 1. The van der Waals surface area contributed by atoms with Crippen LogP contribution < -0.4 is 5.32 Å². The Bertz CT molecular complexity index is 579. The normalized spacial score (nSPS) is 12.9. The molecular formula is C16H23N3O2. The van der Waals surface area contributed by atoms with Crippen LogP contribution in [0.15, 0.2) is 11.6 Å². The standard InChI is InChI=1S/C16H23N3O2/c1-5-6-19-12(3)7-14(13(19)4)8-15(9-17)16(21)18-11(2)10-20/h7-8,11,20H,5-6,10H2,1-4H3,(H,18,21)/b15-8-. The van der Waals surface area contributed by atoms with Crippen molar-refractivity contribution in [3.05, 3.63) is 28.6 Å². The highest BCUT2D eigenvalue weighted by Gasteiger charge is 2.14. The second kappa shape index (κ2) is 7.65. The van der Waals surface area contributed by atoms with Crippen molar-refractivity contribution in [3.63, 3.8) is 0 Å². The molecule has 0 saturated carbocycles. The van der Waals surface area contributed by atoms with Gasteiger partial charge in [0.05, 0.1) is 6.61 Å². The van der Waals surface area contributed by atoms with Gasteiger partial charge >= 0.3 is 0 Å². The molecule has 0 radical (unpaired) electrons. The van der Waals surface area contributed by atoms with Crippen molar-refractivity contribution in [1.29, 1.82) is 5.26 Å². The van der Waals surface area contributed by atoms with Crippen molar-refractivity contribution in [1.82, 2.24) is 9.88 Å². The summed E-state index contributed by atoms with van der Waals surface area (Å²) in [6.07, 6.45) is 2.63. The van der Waals surface area contributed by atoms with Crippen LogP contribution in [0.25, 0.3) is 6.08 Å². The zero-order valence-corrected chi connectivity index (χ0v) is 13.1. The van der Waals surface area contributed by atoms with E-state index in [0.717, 1.165) is 29.9 Å². The summed E-state index contributed by atoms with van der Waals surface area (Å²) in [5.41, 5.74) is 3.09. The number of hydrogen-bond donors (Lipinski definition) is 2. The molecule has 1 aromatic heterocycles. The first-order chi connectivity index (χ1) is 9.94. The molecule has 0 fully saturated rings. The van der Waals surface area contributed by atoms with Crippen LogP contribution >= 0.6 is 0 Å². The van der Waals surface area contributed by atoms with Crippen molar-refractivity contribution in [3.8, 4) is 6.07 Å². The fourth-order valence-corrected chi connectivity index (χ4v) is 2.19. The summed E-state index contributed by atoms with van der Waals surface area (Å²) in [5.74, 6) is -0.459. The van der Waals surface area contributed by atoms with Crippen LogP contribution in [0, 0.1) is 25.2 Å². The van der Waals surface area contributed by atoms with E-state index in [1.165, 1.54) is 0 Å². The molecule has 0 aliphatic heterocycles. The van der Waals surface area contributed by atoms with Crippen LogP contribution in [-0.4, -0.2) is 28.2 Å². The fraction of sp³-hybridized carbons (Fsp3) is 0.500. The summed E-state index contributed by atoms with van der Waals surface area (Å²) >= 11 is 0. The lowest BCUT2D eigenvalue weighted by Crippen LogP contribution is -2.35. The van der Waals surface area contributed by atoms with Crippen LogP contribution in [0.2, 0.25) is 0 Å². The van der Waals surface area contributed by atoms with E-state index in [4.69, 9.17) is 10.4 Å². The number of carbonyl (C=O) groups is 1. The van der Waals surface area contributed by atoms with Gasteiger partial charge in [0.2, 0.25) is 0 Å². The average molecular weight is 289 g/mol. The lowest BCUT2D eigenvalue weighted by Gasteiger charge is -2.10. The molecule has 0 aromatic carbocycles. The maximum atomic E-state index is 12.0. The Hall–Kier alpha value is -2.06. The average Bonchev–Trinajstić information content (AvgIpc) is 2.72. The van der Waals surface area contributed by atoms with Gasteiger partial charge in [-0.05, 0) is 44.9 Å². The first-order valence-electron chi connectivity index (χ1n) is 7.14. The molecule has 21 heavy (non-hydrogen) atoms. The number of carbonyl (C=O) groups excluding carboxylic acids is 1. The molecule has 0 bridgehead atoms. The van der Waals surface area contributed by atoms with Gasteiger partial charge in [0, 0.05) is 24.0 Å². The molecule has 114 valence electrons. The highest BCUT2D eigenvalue weighted by Crippen LogP contribution is 2.18. The number of aromatic nitrogens is 1. The topological polar surface area (TPSA) is 78.0 Å². The molecule has 2 N–H and O–H groups in total. The predicted molar refractivity (Wildman–Crippen MR) is 82.5 cm³/mol. The zero-order valence-electron chi connectivity index (χ0n) is 13.1. The summed E-state index contributed by atoms with van der Waals surface area (Å²) in [7, 11) is 0. The third-order valence-electron chi connectivity index (χ3n) is 3.38. The second-order valence-electron chi connectivity index (χ2n) is 5.21. The lowest BCUT2D eigenvalue weighted by atomic mass is 10.1. The Morgan fingerprint density at radius 3 is 2.76 bits per heavy atom. The quantitative estimate of drug-likeness (QED) is 0.620. The van der Waals surface area contributed by atoms with Gasteiger partial charge in [-0.1, -0.05) is 6.92 Å². The SMILES string of the molecule is CCCn1c(C)cc(/C=C(/C#N)C(=O)NC(C)CO)c1C. The largest absolute Gasteiger partial charge is 0.394 e. The molecule has 0 aliphatic rings. The number of amides is 1. The van der Waals surface area contributed by atoms with Gasteiger partial charge < -0.3 is 15.0 Å². The van der Waals surface area contributed by atoms with E-state index in [1.54, 1.807) is 13.0 Å². The molecule has 1 atom stereocenters. The van der Waals surface area contributed by atoms with E-state index >= 15 is 0 Å². The summed E-state index contributed by atoms with van der Waals surface area (Å²) in [5, 5.41) is 20.7. The van der Waals surface area contributed by atoms with Gasteiger partial charge in [-0.25, -0.2) is 0 Å². The van der Waals surface area contributed by atoms with Gasteiger partial charge in [0.25, 0.3) is 5.91 Å².